The van der Waals surface area contributed by atoms with E-state index in [0.717, 1.165) is 24.3 Å². The van der Waals surface area contributed by atoms with Crippen LogP contribution < -0.4 is 4.90 Å². The summed E-state index contributed by atoms with van der Waals surface area (Å²) in [5, 5.41) is 15.1. The number of hydrogen-bond acceptors (Lipinski definition) is 6. The lowest BCUT2D eigenvalue weighted by Gasteiger charge is -2.21. The number of hydrogen-bond donors (Lipinski definition) is 1. The van der Waals surface area contributed by atoms with Crippen LogP contribution in [-0.4, -0.2) is 40.1 Å². The number of amidine groups is 2. The molecule has 142 valence electrons. The number of carbonyl (C=O) groups excluding carboxylic acids is 1. The summed E-state index contributed by atoms with van der Waals surface area (Å²) in [7, 11) is 0. The Morgan fingerprint density at radius 1 is 1.21 bits per heavy atom. The average Bonchev–Trinajstić information content (AvgIpc) is 3.37. The van der Waals surface area contributed by atoms with Crippen molar-refractivity contribution in [1.82, 2.24) is 5.01 Å². The molecule has 28 heavy (non-hydrogen) atoms. The highest BCUT2D eigenvalue weighted by Crippen LogP contribution is 2.31. The molecule has 0 saturated carbocycles. The highest BCUT2D eigenvalue weighted by Gasteiger charge is 2.36. The summed E-state index contributed by atoms with van der Waals surface area (Å²) in [5.74, 6) is 0.157. The normalized spacial score (nSPS) is 17.6. The van der Waals surface area contributed by atoms with Crippen LogP contribution in [0.4, 0.5) is 5.69 Å². The smallest absolute Gasteiger partial charge is 0.283 e. The molecule has 1 N–H and O–H groups in total. The highest BCUT2D eigenvalue weighted by molar-refractivity contribution is 8.27. The molecule has 3 heterocycles. The van der Waals surface area contributed by atoms with Crippen LogP contribution in [0.1, 0.15) is 25.2 Å². The predicted octanol–water partition coefficient (Wildman–Crippen LogP) is 3.79. The Hall–Kier alpha value is -3.13. The monoisotopic (exact) mass is 393 g/mol. The average molecular weight is 393 g/mol. The van der Waals surface area contributed by atoms with Gasteiger partial charge in [0.1, 0.15) is 0 Å². The van der Waals surface area contributed by atoms with Crippen LogP contribution in [0.5, 0.6) is 0 Å². The van der Waals surface area contributed by atoms with Gasteiger partial charge in [0.2, 0.25) is 5.17 Å². The molecule has 8 heteroatoms. The van der Waals surface area contributed by atoms with E-state index in [2.05, 4.69) is 28.8 Å². The molecular formula is C20H19N5O2S. The minimum Gasteiger partial charge on any atom is -0.462 e. The van der Waals surface area contributed by atoms with E-state index in [4.69, 9.17) is 9.83 Å². The minimum atomic E-state index is -0.438. The number of benzene rings is 1. The van der Waals surface area contributed by atoms with Crippen LogP contribution in [0, 0.1) is 5.41 Å². The maximum atomic E-state index is 12.5. The molecule has 0 unspecified atom stereocenters. The lowest BCUT2D eigenvalue weighted by molar-refractivity contribution is -0.114. The number of anilines is 1. The van der Waals surface area contributed by atoms with Crippen LogP contribution in [0.15, 0.2) is 62.7 Å². The maximum absolute atomic E-state index is 12.5. The highest BCUT2D eigenvalue weighted by atomic mass is 32.2. The Morgan fingerprint density at radius 3 is 2.61 bits per heavy atom. The lowest BCUT2D eigenvalue weighted by atomic mass is 10.1. The quantitative estimate of drug-likeness (QED) is 0.781. The summed E-state index contributed by atoms with van der Waals surface area (Å²) in [5.41, 5.74) is 2.18. The van der Waals surface area contributed by atoms with Crippen molar-refractivity contribution in [1.29, 1.82) is 5.41 Å². The number of thioether (sulfide) groups is 1. The molecule has 0 saturated heterocycles. The molecule has 4 rings (SSSR count). The van der Waals surface area contributed by atoms with Crippen molar-refractivity contribution in [3.63, 3.8) is 0 Å². The van der Waals surface area contributed by atoms with Gasteiger partial charge in [-0.15, -0.1) is 0 Å². The van der Waals surface area contributed by atoms with Crippen LogP contribution >= 0.6 is 11.8 Å². The van der Waals surface area contributed by atoms with Gasteiger partial charge in [0.15, 0.2) is 16.6 Å². The number of hydrazone groups is 1. The summed E-state index contributed by atoms with van der Waals surface area (Å²) >= 11 is 1.22. The third kappa shape index (κ3) is 3.27. The molecule has 1 aromatic heterocycles. The van der Waals surface area contributed by atoms with Gasteiger partial charge in [-0.05, 0) is 61.5 Å². The van der Waals surface area contributed by atoms with Gasteiger partial charge in [0.25, 0.3) is 5.91 Å². The number of nitrogens with zero attached hydrogens (tertiary/aromatic N) is 4. The number of aliphatic imine (C=N–C) groups is 1. The third-order valence-electron chi connectivity index (χ3n) is 4.52. The number of nitrogens with one attached hydrogen (secondary N) is 1. The Kier molecular flexibility index (Phi) is 4.87. The second-order valence-electron chi connectivity index (χ2n) is 6.17. The molecular weight excluding hydrogens is 374 g/mol. The van der Waals surface area contributed by atoms with Gasteiger partial charge in [-0.25, -0.2) is 0 Å². The van der Waals surface area contributed by atoms with Crippen molar-refractivity contribution in [2.75, 3.05) is 18.0 Å². The van der Waals surface area contributed by atoms with E-state index in [0.29, 0.717) is 16.0 Å². The third-order valence-corrected chi connectivity index (χ3v) is 5.44. The summed E-state index contributed by atoms with van der Waals surface area (Å²) in [6, 6.07) is 11.5. The molecule has 0 atom stereocenters. The van der Waals surface area contributed by atoms with Crippen LogP contribution in [0.3, 0.4) is 0 Å². The molecule has 0 bridgehead atoms. The number of amides is 1. The molecule has 1 amide bonds. The topological polar surface area (TPSA) is 85.3 Å². The van der Waals surface area contributed by atoms with Gasteiger partial charge < -0.3 is 9.32 Å². The van der Waals surface area contributed by atoms with Gasteiger partial charge in [0.05, 0.1) is 11.8 Å². The molecule has 7 nitrogen and oxygen atoms in total. The summed E-state index contributed by atoms with van der Waals surface area (Å²) in [4.78, 5) is 18.8. The first kappa shape index (κ1) is 18.2. The largest absolute Gasteiger partial charge is 0.462 e. The fourth-order valence-corrected chi connectivity index (χ4v) is 3.89. The number of rotatable bonds is 5. The number of carbonyl (C=O) groups is 1. The predicted molar refractivity (Wildman–Crippen MR) is 113 cm³/mol. The van der Waals surface area contributed by atoms with Crippen LogP contribution in [-0.2, 0) is 4.79 Å². The maximum Gasteiger partial charge on any atom is 0.283 e. The minimum absolute atomic E-state index is 0.0110. The zero-order chi connectivity index (χ0) is 19.7. The molecule has 2 aromatic rings. The van der Waals surface area contributed by atoms with Crippen molar-refractivity contribution in [3.8, 4) is 0 Å². The molecule has 0 fully saturated rings. The fraction of sp³-hybridized carbons (Fsp3) is 0.200. The van der Waals surface area contributed by atoms with E-state index in [-0.39, 0.29) is 11.4 Å². The van der Waals surface area contributed by atoms with E-state index in [9.17, 15) is 4.79 Å². The zero-order valence-corrected chi connectivity index (χ0v) is 16.4. The first-order valence-electron chi connectivity index (χ1n) is 8.99. The molecule has 0 radical (unpaired) electrons. The van der Waals surface area contributed by atoms with E-state index in [1.54, 1.807) is 24.5 Å². The summed E-state index contributed by atoms with van der Waals surface area (Å²) in [6.07, 6.45) is 3.24. The Balaban J connectivity index is 1.61. The standard InChI is InChI=1S/C20H19N5O2S/c1-3-24(4-2)14-9-7-13(8-10-14)12-15-17(21)25-20(22-18(15)26)28-19(23-25)16-6-5-11-27-16/h5-12,21H,3-4H2,1-2H3/b15-12-,21-17?. The fourth-order valence-electron chi connectivity index (χ4n) is 3.03. The summed E-state index contributed by atoms with van der Waals surface area (Å²) in [6.45, 7) is 6.09. The Bertz CT molecular complexity index is 1000. The van der Waals surface area contributed by atoms with E-state index >= 15 is 0 Å². The first-order valence-corrected chi connectivity index (χ1v) is 9.81. The summed E-state index contributed by atoms with van der Waals surface area (Å²) < 4.78 is 5.35. The molecule has 2 aliphatic rings. The Morgan fingerprint density at radius 2 is 1.96 bits per heavy atom. The first-order chi connectivity index (χ1) is 13.6. The van der Waals surface area contributed by atoms with E-state index in [1.807, 2.05) is 24.3 Å². The SMILES string of the molecule is CCN(CC)c1ccc(/C=C2/C(=N)N3N=C(c4ccco4)SC3=NC2=O)cc1. The lowest BCUT2D eigenvalue weighted by Crippen LogP contribution is -2.35. The van der Waals surface area contributed by atoms with Gasteiger partial charge in [-0.3, -0.25) is 10.2 Å². The van der Waals surface area contributed by atoms with Crippen LogP contribution in [0.2, 0.25) is 0 Å². The van der Waals surface area contributed by atoms with Crippen molar-refractivity contribution < 1.29 is 9.21 Å². The van der Waals surface area contributed by atoms with E-state index < -0.39 is 5.91 Å². The van der Waals surface area contributed by atoms with Gasteiger partial charge in [-0.1, -0.05) is 12.1 Å². The second kappa shape index (κ2) is 7.47. The van der Waals surface area contributed by atoms with Gasteiger partial charge >= 0.3 is 0 Å². The van der Waals surface area contributed by atoms with Crippen molar-refractivity contribution in [3.05, 3.63) is 59.6 Å². The van der Waals surface area contributed by atoms with Crippen molar-refractivity contribution in [2.24, 2.45) is 10.1 Å². The molecule has 0 spiro atoms. The molecule has 0 aliphatic carbocycles. The van der Waals surface area contributed by atoms with Gasteiger partial charge in [0, 0.05) is 18.8 Å². The molecule has 1 aromatic carbocycles. The van der Waals surface area contributed by atoms with Gasteiger partial charge in [-0.2, -0.15) is 15.1 Å². The Labute approximate surface area is 166 Å². The second-order valence-corrected chi connectivity index (χ2v) is 7.12. The molecule has 2 aliphatic heterocycles. The number of fused-ring (bicyclic) bond motifs is 1. The van der Waals surface area contributed by atoms with Crippen LogP contribution in [0.25, 0.3) is 6.08 Å². The number of furan rings is 1. The zero-order valence-electron chi connectivity index (χ0n) is 15.5. The van der Waals surface area contributed by atoms with Crippen molar-refractivity contribution >= 4 is 45.5 Å². The van der Waals surface area contributed by atoms with Crippen molar-refractivity contribution in [2.45, 2.75) is 13.8 Å². The van der Waals surface area contributed by atoms with E-state index in [1.165, 1.54) is 16.8 Å².